The molecule has 3 aromatic rings. The zero-order chi connectivity index (χ0) is 30.8. The second-order valence-corrected chi connectivity index (χ2v) is 10.4. The molecule has 0 saturated carbocycles. The van der Waals surface area contributed by atoms with Crippen molar-refractivity contribution in [3.05, 3.63) is 70.9 Å². The van der Waals surface area contributed by atoms with Gasteiger partial charge in [0.15, 0.2) is 0 Å². The van der Waals surface area contributed by atoms with Crippen LogP contribution in [0.2, 0.25) is 5.02 Å². The van der Waals surface area contributed by atoms with E-state index < -0.39 is 41.8 Å². The van der Waals surface area contributed by atoms with Crippen LogP contribution >= 0.6 is 11.6 Å². The number of pyridine rings is 1. The van der Waals surface area contributed by atoms with Crippen molar-refractivity contribution in [2.24, 2.45) is 11.7 Å². The van der Waals surface area contributed by atoms with Gasteiger partial charge in [0, 0.05) is 25.2 Å². The number of benzene rings is 2. The van der Waals surface area contributed by atoms with Crippen LogP contribution in [0.15, 0.2) is 48.7 Å². The summed E-state index contributed by atoms with van der Waals surface area (Å²) in [5.74, 6) is -2.18. The van der Waals surface area contributed by atoms with Gasteiger partial charge in [0.1, 0.15) is 30.1 Å². The van der Waals surface area contributed by atoms with Crippen LogP contribution in [0.1, 0.15) is 38.2 Å². The molecule has 0 bridgehead atoms. The summed E-state index contributed by atoms with van der Waals surface area (Å²) in [4.78, 5) is 42.2. The van der Waals surface area contributed by atoms with Gasteiger partial charge in [0.2, 0.25) is 0 Å². The monoisotopic (exact) mass is 605 g/mol. The van der Waals surface area contributed by atoms with Gasteiger partial charge >= 0.3 is 18.1 Å². The average Bonchev–Trinajstić information content (AvgIpc) is 2.96. The molecule has 226 valence electrons. The number of carbonyl (C=O) groups excluding carboxylic acids is 2. The van der Waals surface area contributed by atoms with Crippen molar-refractivity contribution in [3.8, 4) is 0 Å². The normalized spacial score (nSPS) is 13.2. The zero-order valence-corrected chi connectivity index (χ0v) is 24.0. The summed E-state index contributed by atoms with van der Waals surface area (Å²) in [6.45, 7) is 1.57. The number of nitrogens with zero attached hydrogens (tertiary/aromatic N) is 2. The Balaban J connectivity index is 1.61. The molecule has 3 amide bonds. The Morgan fingerprint density at radius 3 is 2.60 bits per heavy atom. The fourth-order valence-electron chi connectivity index (χ4n) is 4.30. The van der Waals surface area contributed by atoms with Crippen molar-refractivity contribution < 1.29 is 33.0 Å². The number of amides is 3. The number of urea groups is 1. The van der Waals surface area contributed by atoms with Crippen molar-refractivity contribution >= 4 is 46.3 Å². The Bertz CT molecular complexity index is 1410. The molecule has 0 aliphatic heterocycles. The van der Waals surface area contributed by atoms with E-state index in [0.29, 0.717) is 42.0 Å². The molecule has 1 aromatic heterocycles. The molecule has 0 aliphatic rings. The lowest BCUT2D eigenvalue weighted by molar-refractivity contribution is -0.139. The molecule has 5 N–H and O–H groups in total. The van der Waals surface area contributed by atoms with Gasteiger partial charge in [-0.15, -0.1) is 0 Å². The molecule has 2 unspecified atom stereocenters. The van der Waals surface area contributed by atoms with Crippen LogP contribution in [-0.2, 0) is 16.1 Å². The van der Waals surface area contributed by atoms with Crippen LogP contribution in [0.25, 0.3) is 10.8 Å². The number of anilines is 1. The first-order valence-corrected chi connectivity index (χ1v) is 13.7. The Morgan fingerprint density at radius 2 is 1.86 bits per heavy atom. The molecule has 3 atom stereocenters. The van der Waals surface area contributed by atoms with E-state index in [1.54, 1.807) is 19.1 Å². The summed E-state index contributed by atoms with van der Waals surface area (Å²) >= 11 is 5.99. The van der Waals surface area contributed by atoms with Crippen molar-refractivity contribution in [1.82, 2.24) is 15.2 Å². The number of carbonyl (C=O) groups is 3. The van der Waals surface area contributed by atoms with E-state index in [9.17, 15) is 23.2 Å². The van der Waals surface area contributed by atoms with E-state index in [4.69, 9.17) is 27.2 Å². The van der Waals surface area contributed by atoms with E-state index in [1.807, 2.05) is 0 Å². The van der Waals surface area contributed by atoms with Crippen molar-refractivity contribution in [3.63, 3.8) is 0 Å². The number of fused-ring (bicyclic) bond motifs is 1. The van der Waals surface area contributed by atoms with Gasteiger partial charge in [-0.1, -0.05) is 43.5 Å². The number of aromatic nitrogens is 1. The summed E-state index contributed by atoms with van der Waals surface area (Å²) < 4.78 is 32.8. The fraction of sp³-hybridized carbons (Fsp3) is 0.379. The average molecular weight is 606 g/mol. The molecular formula is C29H34ClF2N5O5. The highest BCUT2D eigenvalue weighted by Gasteiger charge is 2.23. The minimum atomic E-state index is -1.07. The minimum absolute atomic E-state index is 0.0212. The van der Waals surface area contributed by atoms with Crippen molar-refractivity contribution in [2.45, 2.75) is 51.2 Å². The maximum Gasteiger partial charge on any atom is 0.412 e. The number of carboxylic acid groups (broad SMARTS) is 1. The van der Waals surface area contributed by atoms with Gasteiger partial charge in [-0.25, -0.2) is 23.4 Å². The molecule has 1 heterocycles. The van der Waals surface area contributed by atoms with Gasteiger partial charge in [-0.05, 0) is 60.0 Å². The smallest absolute Gasteiger partial charge is 0.412 e. The molecule has 0 spiro atoms. The van der Waals surface area contributed by atoms with E-state index in [2.05, 4.69) is 15.6 Å². The third-order valence-corrected chi connectivity index (χ3v) is 7.42. The Kier molecular flexibility index (Phi) is 11.8. The first kappa shape index (κ1) is 32.5. The second kappa shape index (κ2) is 15.3. The Hall–Kier alpha value is -4.03. The number of nitrogens with two attached hydrogens (primary N) is 1. The molecule has 42 heavy (non-hydrogen) atoms. The quantitative estimate of drug-likeness (QED) is 0.187. The maximum absolute atomic E-state index is 13.8. The SMILES string of the molecule is CC(CCCCC(COC(=O)Nc1cc2cc(F)ccc2cn1)N(C)C(=O)NCc1cccc(F)c1Cl)[C@H](N)C(=O)O. The van der Waals surface area contributed by atoms with Gasteiger partial charge in [0.05, 0.1) is 11.1 Å². The molecule has 0 fully saturated rings. The third kappa shape index (κ3) is 9.25. The highest BCUT2D eigenvalue weighted by Crippen LogP contribution is 2.21. The molecule has 3 rings (SSSR count). The van der Waals surface area contributed by atoms with E-state index in [-0.39, 0.29) is 29.9 Å². The molecule has 0 aliphatic carbocycles. The Labute approximate surface area is 247 Å². The van der Waals surface area contributed by atoms with E-state index in [0.717, 1.165) is 0 Å². The van der Waals surface area contributed by atoms with Crippen molar-refractivity contribution in [2.75, 3.05) is 19.0 Å². The van der Waals surface area contributed by atoms with Crippen LogP contribution < -0.4 is 16.4 Å². The van der Waals surface area contributed by atoms with Crippen LogP contribution in [0.3, 0.4) is 0 Å². The van der Waals surface area contributed by atoms with Crippen LogP contribution in [0, 0.1) is 17.6 Å². The number of nitrogens with one attached hydrogen (secondary N) is 2. The maximum atomic E-state index is 13.8. The van der Waals surface area contributed by atoms with E-state index >= 15 is 0 Å². The summed E-state index contributed by atoms with van der Waals surface area (Å²) in [6, 6.07) is 7.98. The summed E-state index contributed by atoms with van der Waals surface area (Å²) in [6.07, 6.45) is 2.90. The lowest BCUT2D eigenvalue weighted by Crippen LogP contribution is -2.46. The van der Waals surface area contributed by atoms with Gasteiger partial charge in [-0.2, -0.15) is 0 Å². The molecular weight excluding hydrogens is 572 g/mol. The first-order valence-electron chi connectivity index (χ1n) is 13.4. The standard InChI is InChI=1S/C29H34ClF2N5O5/c1-17(26(33)27(38)39)6-3-4-8-22(37(2)28(40)35-15-19-7-5-9-23(32)25(19)30)16-42-29(41)36-24-13-20-12-21(31)11-10-18(20)14-34-24/h5,7,9-14,17,22,26H,3-4,6,8,15-16,33H2,1-2H3,(H,35,40)(H,38,39)(H,34,36,41)/t17?,22?,26-/m0/s1. The minimum Gasteiger partial charge on any atom is -0.480 e. The molecule has 13 heteroatoms. The number of halogens is 3. The largest absolute Gasteiger partial charge is 0.480 e. The highest BCUT2D eigenvalue weighted by molar-refractivity contribution is 6.31. The highest BCUT2D eigenvalue weighted by atomic mass is 35.5. The lowest BCUT2D eigenvalue weighted by Gasteiger charge is -2.28. The molecule has 2 aromatic carbocycles. The topological polar surface area (TPSA) is 147 Å². The van der Waals surface area contributed by atoms with Crippen LogP contribution in [0.5, 0.6) is 0 Å². The molecule has 0 radical (unpaired) electrons. The number of aliphatic carboxylic acids is 1. The summed E-state index contributed by atoms with van der Waals surface area (Å²) in [7, 11) is 1.54. The summed E-state index contributed by atoms with van der Waals surface area (Å²) in [5, 5.41) is 15.5. The number of unbranched alkanes of at least 4 members (excludes halogenated alkanes) is 1. The van der Waals surface area contributed by atoms with Gasteiger partial charge < -0.3 is 25.8 Å². The van der Waals surface area contributed by atoms with Crippen LogP contribution in [-0.4, -0.2) is 58.8 Å². The predicted molar refractivity (Wildman–Crippen MR) is 155 cm³/mol. The number of hydrogen-bond acceptors (Lipinski definition) is 6. The van der Waals surface area contributed by atoms with E-state index in [1.165, 1.54) is 48.5 Å². The van der Waals surface area contributed by atoms with Crippen LogP contribution in [0.4, 0.5) is 24.2 Å². The number of likely N-dealkylation sites (N-methyl/N-ethyl adjacent to an activating group) is 1. The second-order valence-electron chi connectivity index (χ2n) is 10.0. The van der Waals surface area contributed by atoms with Crippen molar-refractivity contribution in [1.29, 1.82) is 0 Å². The molecule has 0 saturated heterocycles. The number of ether oxygens (including phenoxy) is 1. The fourth-order valence-corrected chi connectivity index (χ4v) is 4.49. The molecule has 10 nitrogen and oxygen atoms in total. The Morgan fingerprint density at radius 1 is 1.12 bits per heavy atom. The third-order valence-electron chi connectivity index (χ3n) is 7.00. The predicted octanol–water partition coefficient (Wildman–Crippen LogP) is 5.53. The lowest BCUT2D eigenvalue weighted by atomic mass is 9.95. The van der Waals surface area contributed by atoms with Gasteiger partial charge in [0.25, 0.3) is 0 Å². The first-order chi connectivity index (χ1) is 20.0. The summed E-state index contributed by atoms with van der Waals surface area (Å²) in [5.41, 5.74) is 6.09. The number of carboxylic acids is 1. The number of rotatable bonds is 13. The zero-order valence-electron chi connectivity index (χ0n) is 23.3. The number of hydrogen-bond donors (Lipinski definition) is 4. The van der Waals surface area contributed by atoms with Gasteiger partial charge in [-0.3, -0.25) is 10.1 Å².